The number of rotatable bonds is 4. The van der Waals surface area contributed by atoms with Crippen LogP contribution in [-0.2, 0) is 11.0 Å². The molecular weight excluding hydrogens is 345 g/mol. The second-order valence-corrected chi connectivity index (χ2v) is 5.36. The van der Waals surface area contributed by atoms with Crippen LogP contribution in [0.1, 0.15) is 34.5 Å². The van der Waals surface area contributed by atoms with E-state index in [1.807, 2.05) is 0 Å². The van der Waals surface area contributed by atoms with Crippen LogP contribution in [0.5, 0.6) is 0 Å². The fourth-order valence-electron chi connectivity index (χ4n) is 1.64. The lowest BCUT2D eigenvalue weighted by molar-refractivity contribution is -0.147. The van der Waals surface area contributed by atoms with E-state index in [0.717, 1.165) is 12.1 Å². The molecule has 0 aliphatic rings. The number of ketones is 1. The van der Waals surface area contributed by atoms with Gasteiger partial charge in [-0.3, -0.25) is 4.79 Å². The summed E-state index contributed by atoms with van der Waals surface area (Å²) in [6.07, 6.45) is -7.04. The maximum atomic E-state index is 12.9. The average molecular weight is 355 g/mol. The average Bonchev–Trinajstić information content (AvgIpc) is 2.34. The maximum absolute atomic E-state index is 12.9. The molecule has 0 spiro atoms. The van der Waals surface area contributed by atoms with Crippen molar-refractivity contribution < 1.29 is 33.0 Å². The highest BCUT2D eigenvalue weighted by atomic mass is 79.9. The predicted octanol–water partition coefficient (Wildman–Crippen LogP) is 2.79. The van der Waals surface area contributed by atoms with Crippen LogP contribution >= 0.6 is 15.9 Å². The van der Waals surface area contributed by atoms with Gasteiger partial charge in [-0.15, -0.1) is 0 Å². The summed E-state index contributed by atoms with van der Waals surface area (Å²) in [5.74, 6) is -2.69. The summed E-state index contributed by atoms with van der Waals surface area (Å²) in [5, 5.41) is 18.2. The lowest BCUT2D eigenvalue weighted by Gasteiger charge is -2.18. The van der Waals surface area contributed by atoms with Gasteiger partial charge in [0.25, 0.3) is 0 Å². The first-order valence-electron chi connectivity index (χ1n) is 5.36. The molecule has 1 rings (SSSR count). The number of Topliss-reactive ketones (excluding diaryl/α,β-unsaturated/α-hetero) is 1. The topological polar surface area (TPSA) is 74.6 Å². The largest absolute Gasteiger partial charge is 0.479 e. The molecule has 2 atom stereocenters. The summed E-state index contributed by atoms with van der Waals surface area (Å²) in [5.41, 5.74) is -2.69. The monoisotopic (exact) mass is 354 g/mol. The first kappa shape index (κ1) is 16.6. The first-order valence-corrected chi connectivity index (χ1v) is 6.28. The molecule has 4 nitrogen and oxygen atoms in total. The number of alkyl halides is 4. The smallest absolute Gasteiger partial charge is 0.417 e. The lowest BCUT2D eigenvalue weighted by Crippen LogP contribution is -2.23. The quantitative estimate of drug-likeness (QED) is 0.644. The molecule has 0 amide bonds. The molecule has 0 radical (unpaired) electrons. The van der Waals surface area contributed by atoms with E-state index >= 15 is 0 Å². The molecular formula is C12H10BrF3O4. The number of halogens is 4. The first-order chi connectivity index (χ1) is 9.07. The standard InChI is InChI=1S/C12H10BrF3O4/c1-5(13)9(17)8-6(10(18)11(19)20)3-2-4-7(8)12(14,15)16/h2-5,10,18H,1H3,(H,19,20). The fraction of sp³-hybridized carbons (Fsp3) is 0.333. The zero-order valence-electron chi connectivity index (χ0n) is 10.1. The van der Waals surface area contributed by atoms with Gasteiger partial charge in [-0.25, -0.2) is 4.79 Å². The van der Waals surface area contributed by atoms with E-state index in [2.05, 4.69) is 15.9 Å². The molecule has 0 bridgehead atoms. The van der Waals surface area contributed by atoms with Crippen molar-refractivity contribution >= 4 is 27.7 Å². The van der Waals surface area contributed by atoms with Crippen molar-refractivity contribution in [1.82, 2.24) is 0 Å². The molecule has 2 N–H and O–H groups in total. The normalized spacial score (nSPS) is 14.7. The summed E-state index contributed by atoms with van der Waals surface area (Å²) in [6.45, 7) is 1.31. The number of carboxylic acid groups (broad SMARTS) is 1. The molecule has 1 aromatic rings. The molecule has 8 heteroatoms. The Kier molecular flexibility index (Phi) is 4.93. The third-order valence-corrected chi connectivity index (χ3v) is 2.95. The van der Waals surface area contributed by atoms with Crippen molar-refractivity contribution in [3.05, 3.63) is 34.9 Å². The van der Waals surface area contributed by atoms with E-state index in [-0.39, 0.29) is 0 Å². The highest BCUT2D eigenvalue weighted by molar-refractivity contribution is 9.10. The van der Waals surface area contributed by atoms with Crippen LogP contribution in [0.2, 0.25) is 0 Å². The second kappa shape index (κ2) is 5.92. The van der Waals surface area contributed by atoms with Crippen molar-refractivity contribution in [2.45, 2.75) is 24.0 Å². The van der Waals surface area contributed by atoms with Crippen LogP contribution in [0.15, 0.2) is 18.2 Å². The van der Waals surface area contributed by atoms with Crippen molar-refractivity contribution in [3.63, 3.8) is 0 Å². The zero-order valence-corrected chi connectivity index (χ0v) is 11.7. The van der Waals surface area contributed by atoms with E-state index < -0.39 is 45.6 Å². The van der Waals surface area contributed by atoms with E-state index in [1.165, 1.54) is 6.92 Å². The number of aliphatic carboxylic acids is 1. The third-order valence-electron chi connectivity index (χ3n) is 2.54. The number of carboxylic acids is 1. The molecule has 1 aromatic carbocycles. The molecule has 2 unspecified atom stereocenters. The van der Waals surface area contributed by atoms with Crippen molar-refractivity contribution in [3.8, 4) is 0 Å². The Hall–Kier alpha value is -1.41. The fourth-order valence-corrected chi connectivity index (χ4v) is 1.87. The number of hydrogen-bond donors (Lipinski definition) is 2. The third kappa shape index (κ3) is 3.37. The Bertz CT molecular complexity index is 540. The van der Waals surface area contributed by atoms with E-state index in [9.17, 15) is 27.9 Å². The van der Waals surface area contributed by atoms with E-state index in [0.29, 0.717) is 6.07 Å². The van der Waals surface area contributed by atoms with Gasteiger partial charge in [0, 0.05) is 11.1 Å². The van der Waals surface area contributed by atoms with Gasteiger partial charge < -0.3 is 10.2 Å². The van der Waals surface area contributed by atoms with Gasteiger partial charge in [-0.1, -0.05) is 28.1 Å². The van der Waals surface area contributed by atoms with Gasteiger partial charge in [0.05, 0.1) is 10.4 Å². The highest BCUT2D eigenvalue weighted by Gasteiger charge is 2.38. The van der Waals surface area contributed by atoms with Gasteiger partial charge in [-0.2, -0.15) is 13.2 Å². The minimum Gasteiger partial charge on any atom is -0.479 e. The Morgan fingerprint density at radius 3 is 2.25 bits per heavy atom. The van der Waals surface area contributed by atoms with Crippen molar-refractivity contribution in [1.29, 1.82) is 0 Å². The Morgan fingerprint density at radius 2 is 1.85 bits per heavy atom. The SMILES string of the molecule is CC(Br)C(=O)c1c(C(O)C(=O)O)cccc1C(F)(F)F. The Balaban J connectivity index is 3.61. The van der Waals surface area contributed by atoms with Crippen molar-refractivity contribution in [2.24, 2.45) is 0 Å². The van der Waals surface area contributed by atoms with Gasteiger partial charge in [-0.05, 0) is 13.0 Å². The zero-order chi connectivity index (χ0) is 15.7. The van der Waals surface area contributed by atoms with Crippen LogP contribution in [-0.4, -0.2) is 26.8 Å². The van der Waals surface area contributed by atoms with Crippen LogP contribution in [0.25, 0.3) is 0 Å². The summed E-state index contributed by atoms with van der Waals surface area (Å²) in [4.78, 5) is 21.7. The lowest BCUT2D eigenvalue weighted by atomic mass is 9.92. The summed E-state index contributed by atoms with van der Waals surface area (Å²) in [6, 6.07) is 2.59. The molecule has 0 fully saturated rings. The number of carbonyl (C=O) groups is 2. The van der Waals surface area contributed by atoms with Gasteiger partial charge in [0.15, 0.2) is 11.9 Å². The van der Waals surface area contributed by atoms with Gasteiger partial charge >= 0.3 is 12.1 Å². The number of aliphatic hydroxyl groups is 1. The number of benzene rings is 1. The summed E-state index contributed by atoms with van der Waals surface area (Å²) < 4.78 is 38.8. The molecule has 0 heterocycles. The number of aliphatic hydroxyl groups excluding tert-OH is 1. The molecule has 0 aliphatic heterocycles. The van der Waals surface area contributed by atoms with Gasteiger partial charge in [0.1, 0.15) is 0 Å². The second-order valence-electron chi connectivity index (χ2n) is 3.99. The maximum Gasteiger partial charge on any atom is 0.417 e. The molecule has 0 saturated carbocycles. The summed E-state index contributed by atoms with van der Waals surface area (Å²) in [7, 11) is 0. The van der Waals surface area contributed by atoms with E-state index in [1.54, 1.807) is 0 Å². The molecule has 0 aliphatic carbocycles. The molecule has 0 saturated heterocycles. The van der Waals surface area contributed by atoms with Crippen LogP contribution < -0.4 is 0 Å². The van der Waals surface area contributed by atoms with Crippen LogP contribution in [0.4, 0.5) is 13.2 Å². The minimum absolute atomic E-state index is 0.580. The predicted molar refractivity (Wildman–Crippen MR) is 66.8 cm³/mol. The Morgan fingerprint density at radius 1 is 1.30 bits per heavy atom. The molecule has 110 valence electrons. The van der Waals surface area contributed by atoms with Gasteiger partial charge in [0.2, 0.25) is 0 Å². The van der Waals surface area contributed by atoms with E-state index in [4.69, 9.17) is 5.11 Å². The summed E-state index contributed by atoms with van der Waals surface area (Å²) >= 11 is 2.85. The Labute approximate surface area is 120 Å². The number of hydrogen-bond acceptors (Lipinski definition) is 3. The number of carbonyl (C=O) groups excluding carboxylic acids is 1. The van der Waals surface area contributed by atoms with Crippen LogP contribution in [0.3, 0.4) is 0 Å². The highest BCUT2D eigenvalue weighted by Crippen LogP contribution is 2.36. The minimum atomic E-state index is -4.83. The molecule has 20 heavy (non-hydrogen) atoms. The van der Waals surface area contributed by atoms with Crippen LogP contribution in [0, 0.1) is 0 Å². The van der Waals surface area contributed by atoms with Crippen molar-refractivity contribution in [2.75, 3.05) is 0 Å². The molecule has 0 aromatic heterocycles.